The Morgan fingerprint density at radius 2 is 1.72 bits per heavy atom. The molecule has 0 N–H and O–H groups in total. The number of imide groups is 1. The predicted molar refractivity (Wildman–Crippen MR) is 103 cm³/mol. The Bertz CT molecular complexity index is 993. The first-order chi connectivity index (χ1) is 14.1. The molecule has 2 aliphatic rings. The van der Waals surface area contributed by atoms with Crippen LogP contribution in [0, 0.1) is 0 Å². The van der Waals surface area contributed by atoms with Crippen molar-refractivity contribution in [1.82, 2.24) is 5.01 Å². The van der Waals surface area contributed by atoms with E-state index in [0.717, 1.165) is 10.5 Å². The van der Waals surface area contributed by atoms with E-state index in [0.29, 0.717) is 29.5 Å². The molecule has 0 aliphatic carbocycles. The molecule has 2 amide bonds. The molecule has 0 radical (unpaired) electrons. The van der Waals surface area contributed by atoms with Gasteiger partial charge in [-0.15, -0.1) is 0 Å². The van der Waals surface area contributed by atoms with Gasteiger partial charge in [0.05, 0.1) is 33.6 Å². The number of benzene rings is 2. The first-order valence-corrected chi connectivity index (χ1v) is 8.97. The van der Waals surface area contributed by atoms with Gasteiger partial charge in [0.15, 0.2) is 23.6 Å². The van der Waals surface area contributed by atoms with Crippen LogP contribution < -0.4 is 19.1 Å². The lowest BCUT2D eigenvalue weighted by atomic mass is 10.1. The van der Waals surface area contributed by atoms with E-state index in [9.17, 15) is 9.59 Å². The summed E-state index contributed by atoms with van der Waals surface area (Å²) in [5, 5.41) is 9.66. The standard InChI is InChI=1S/C20H20N4O5/c1-27-14-6-4-5-12(9-14)11-23-18-17(21-22-23)19(25)24(20(18)26)13-7-8-15(28-2)16(10-13)29-3/h4-10,17-18H,11H2,1-3H3/t17-,18+/m0/s1. The molecule has 2 heterocycles. The lowest BCUT2D eigenvalue weighted by Gasteiger charge is -2.21. The highest BCUT2D eigenvalue weighted by atomic mass is 16.5. The van der Waals surface area contributed by atoms with Crippen LogP contribution in [0.1, 0.15) is 5.56 Å². The normalized spacial score (nSPS) is 20.2. The first-order valence-electron chi connectivity index (χ1n) is 8.97. The van der Waals surface area contributed by atoms with Crippen molar-refractivity contribution in [2.45, 2.75) is 18.6 Å². The zero-order valence-electron chi connectivity index (χ0n) is 16.2. The summed E-state index contributed by atoms with van der Waals surface area (Å²) >= 11 is 0. The Labute approximate surface area is 167 Å². The number of carbonyl (C=O) groups is 2. The molecule has 0 unspecified atom stereocenters. The number of fused-ring (bicyclic) bond motifs is 1. The van der Waals surface area contributed by atoms with Crippen molar-refractivity contribution < 1.29 is 23.8 Å². The molecule has 0 bridgehead atoms. The van der Waals surface area contributed by atoms with Gasteiger partial charge in [0.2, 0.25) is 0 Å². The smallest absolute Gasteiger partial charge is 0.263 e. The van der Waals surface area contributed by atoms with Gasteiger partial charge in [0.1, 0.15) is 5.75 Å². The van der Waals surface area contributed by atoms with Crippen LogP contribution in [-0.2, 0) is 16.1 Å². The van der Waals surface area contributed by atoms with Crippen LogP contribution >= 0.6 is 0 Å². The minimum Gasteiger partial charge on any atom is -0.497 e. The van der Waals surface area contributed by atoms with Crippen LogP contribution in [0.5, 0.6) is 17.2 Å². The maximum Gasteiger partial charge on any atom is 0.263 e. The fourth-order valence-corrected chi connectivity index (χ4v) is 3.53. The van der Waals surface area contributed by atoms with Crippen molar-refractivity contribution in [3.63, 3.8) is 0 Å². The highest BCUT2D eigenvalue weighted by Gasteiger charge is 2.54. The Morgan fingerprint density at radius 1 is 0.931 bits per heavy atom. The molecule has 2 aliphatic heterocycles. The quantitative estimate of drug-likeness (QED) is 0.695. The molecule has 1 saturated heterocycles. The number of rotatable bonds is 6. The lowest BCUT2D eigenvalue weighted by Crippen LogP contribution is -2.39. The maximum atomic E-state index is 13.1. The highest BCUT2D eigenvalue weighted by Crippen LogP contribution is 2.37. The SMILES string of the molecule is COc1cccc(CN2N=N[C@@H]3C(=O)N(c4ccc(OC)c(OC)c4)C(=O)[C@@H]32)c1. The fourth-order valence-electron chi connectivity index (χ4n) is 3.53. The topological polar surface area (TPSA) is 93.0 Å². The van der Waals surface area contributed by atoms with Gasteiger partial charge in [-0.2, -0.15) is 5.11 Å². The molecule has 4 rings (SSSR count). The van der Waals surface area contributed by atoms with Gasteiger partial charge >= 0.3 is 0 Å². The van der Waals surface area contributed by atoms with Crippen LogP contribution in [0.4, 0.5) is 5.69 Å². The van der Waals surface area contributed by atoms with Gasteiger partial charge in [0, 0.05) is 6.07 Å². The van der Waals surface area contributed by atoms with Crippen LogP contribution in [0.2, 0.25) is 0 Å². The minimum atomic E-state index is -0.860. The predicted octanol–water partition coefficient (Wildman–Crippen LogP) is 2.21. The van der Waals surface area contributed by atoms with E-state index in [-0.39, 0.29) is 5.91 Å². The number of hydrogen-bond acceptors (Lipinski definition) is 8. The van der Waals surface area contributed by atoms with E-state index in [2.05, 4.69) is 10.3 Å². The van der Waals surface area contributed by atoms with Crippen LogP contribution in [0.15, 0.2) is 52.8 Å². The molecule has 9 nitrogen and oxygen atoms in total. The first kappa shape index (κ1) is 18.7. The molecule has 150 valence electrons. The van der Waals surface area contributed by atoms with Gasteiger partial charge < -0.3 is 14.2 Å². The Morgan fingerprint density at radius 3 is 2.45 bits per heavy atom. The Kier molecular flexibility index (Phi) is 4.79. The number of methoxy groups -OCH3 is 3. The van der Waals surface area contributed by atoms with Gasteiger partial charge in [0.25, 0.3) is 11.8 Å². The van der Waals surface area contributed by atoms with Gasteiger partial charge in [-0.05, 0) is 29.8 Å². The summed E-state index contributed by atoms with van der Waals surface area (Å²) in [7, 11) is 4.60. The monoisotopic (exact) mass is 396 g/mol. The number of anilines is 1. The molecule has 2 aromatic carbocycles. The largest absolute Gasteiger partial charge is 0.497 e. The average molecular weight is 396 g/mol. The fraction of sp³-hybridized carbons (Fsp3) is 0.300. The van der Waals surface area contributed by atoms with Crippen molar-refractivity contribution in [1.29, 1.82) is 0 Å². The number of nitrogens with zero attached hydrogens (tertiary/aromatic N) is 4. The molecule has 2 aromatic rings. The van der Waals surface area contributed by atoms with E-state index in [1.54, 1.807) is 30.3 Å². The second kappa shape index (κ2) is 7.42. The summed E-state index contributed by atoms with van der Waals surface area (Å²) in [4.78, 5) is 27.1. The van der Waals surface area contributed by atoms with Crippen LogP contribution in [-0.4, -0.2) is 50.2 Å². The number of hydrogen-bond donors (Lipinski definition) is 0. The highest BCUT2D eigenvalue weighted by molar-refractivity contribution is 6.25. The Hall–Kier alpha value is -3.62. The molecule has 29 heavy (non-hydrogen) atoms. The molecule has 1 fully saturated rings. The summed E-state index contributed by atoms with van der Waals surface area (Å²) in [6.07, 6.45) is 0. The summed E-state index contributed by atoms with van der Waals surface area (Å²) in [5.41, 5.74) is 1.30. The summed E-state index contributed by atoms with van der Waals surface area (Å²) < 4.78 is 15.7. The molecule has 0 aromatic heterocycles. The van der Waals surface area contributed by atoms with Crippen molar-refractivity contribution in [2.75, 3.05) is 26.2 Å². The number of carbonyl (C=O) groups excluding carboxylic acids is 2. The summed E-state index contributed by atoms with van der Waals surface area (Å²) in [5.74, 6) is 0.854. The van der Waals surface area contributed by atoms with Gasteiger partial charge in [-0.25, -0.2) is 4.90 Å². The lowest BCUT2D eigenvalue weighted by molar-refractivity contribution is -0.123. The molecular weight excluding hydrogens is 376 g/mol. The van der Waals surface area contributed by atoms with Crippen molar-refractivity contribution in [2.24, 2.45) is 10.3 Å². The van der Waals surface area contributed by atoms with E-state index in [1.807, 2.05) is 24.3 Å². The van der Waals surface area contributed by atoms with Crippen LogP contribution in [0.3, 0.4) is 0 Å². The third-order valence-corrected chi connectivity index (χ3v) is 4.96. The van der Waals surface area contributed by atoms with Crippen molar-refractivity contribution in [3.05, 3.63) is 48.0 Å². The molecule has 0 saturated carbocycles. The third-order valence-electron chi connectivity index (χ3n) is 4.96. The van der Waals surface area contributed by atoms with E-state index in [1.165, 1.54) is 14.2 Å². The minimum absolute atomic E-state index is 0.334. The number of ether oxygens (including phenoxy) is 3. The van der Waals surface area contributed by atoms with Crippen LogP contribution in [0.25, 0.3) is 0 Å². The zero-order valence-corrected chi connectivity index (χ0v) is 16.2. The summed E-state index contributed by atoms with van der Waals surface area (Å²) in [6.45, 7) is 0.334. The van der Waals surface area contributed by atoms with E-state index < -0.39 is 18.0 Å². The van der Waals surface area contributed by atoms with E-state index in [4.69, 9.17) is 14.2 Å². The van der Waals surface area contributed by atoms with Crippen molar-refractivity contribution >= 4 is 17.5 Å². The molecule has 9 heteroatoms. The maximum absolute atomic E-state index is 13.1. The molecule has 2 atom stereocenters. The van der Waals surface area contributed by atoms with Gasteiger partial charge in [-0.3, -0.25) is 14.6 Å². The van der Waals surface area contributed by atoms with E-state index >= 15 is 0 Å². The summed E-state index contributed by atoms with van der Waals surface area (Å²) in [6, 6.07) is 10.7. The molecule has 0 spiro atoms. The number of amides is 2. The van der Waals surface area contributed by atoms with Gasteiger partial charge in [-0.1, -0.05) is 17.4 Å². The molecular formula is C20H20N4O5. The van der Waals surface area contributed by atoms with Crippen molar-refractivity contribution in [3.8, 4) is 17.2 Å². The zero-order chi connectivity index (χ0) is 20.5. The second-order valence-electron chi connectivity index (χ2n) is 6.59. The second-order valence-corrected chi connectivity index (χ2v) is 6.59. The third kappa shape index (κ3) is 3.14. The Balaban J connectivity index is 1.60. The average Bonchev–Trinajstić information content (AvgIpc) is 3.27.